The maximum atomic E-state index is 13.1. The second-order valence-corrected chi connectivity index (χ2v) is 7.13. The topological polar surface area (TPSA) is 78.0 Å². The van der Waals surface area contributed by atoms with Gasteiger partial charge in [-0.3, -0.25) is 14.6 Å². The minimum Gasteiger partial charge on any atom is -0.490 e. The van der Waals surface area contributed by atoms with Crippen molar-refractivity contribution in [2.75, 3.05) is 26.3 Å². The molecule has 0 atom stereocenters. The van der Waals surface area contributed by atoms with Crippen LogP contribution in [0.3, 0.4) is 0 Å². The summed E-state index contributed by atoms with van der Waals surface area (Å²) in [5.74, 6) is 0.548. The zero-order valence-electron chi connectivity index (χ0n) is 18.1. The van der Waals surface area contributed by atoms with E-state index in [1.807, 2.05) is 32.9 Å². The molecule has 2 aromatic rings. The molecule has 30 heavy (non-hydrogen) atoms. The van der Waals surface area contributed by atoms with Crippen LogP contribution in [0.2, 0.25) is 0 Å². The molecule has 0 bridgehead atoms. The lowest BCUT2D eigenvalue weighted by atomic mass is 10.1. The van der Waals surface area contributed by atoms with E-state index in [9.17, 15) is 9.59 Å². The Morgan fingerprint density at radius 3 is 2.50 bits per heavy atom. The molecule has 7 nitrogen and oxygen atoms in total. The van der Waals surface area contributed by atoms with Gasteiger partial charge in [0.1, 0.15) is 13.2 Å². The average molecular weight is 415 g/mol. The molecule has 0 saturated heterocycles. The molecule has 0 N–H and O–H groups in total. The second kappa shape index (κ2) is 11.8. The molecule has 0 fully saturated rings. The summed E-state index contributed by atoms with van der Waals surface area (Å²) in [6.07, 6.45) is 3.44. The van der Waals surface area contributed by atoms with Gasteiger partial charge in [-0.1, -0.05) is 19.9 Å². The standard InChI is InChI=1S/C23H30N2O5/c1-5-28-21-12-19(9-10-20(21)30-16-18-8-7-11-24-13-18)23(27)25(14-17(3)4)15-22(26)29-6-2/h7-13,17H,5-6,14-16H2,1-4H3. The van der Waals surface area contributed by atoms with Crippen LogP contribution in [0.1, 0.15) is 43.6 Å². The van der Waals surface area contributed by atoms with Crippen LogP contribution in [0, 0.1) is 5.92 Å². The third kappa shape index (κ3) is 7.06. The van der Waals surface area contributed by atoms with Crippen LogP contribution in [0.25, 0.3) is 0 Å². The molecule has 0 radical (unpaired) electrons. The lowest BCUT2D eigenvalue weighted by Gasteiger charge is -2.24. The number of carbonyl (C=O) groups excluding carboxylic acids is 2. The molecule has 2 rings (SSSR count). The number of ether oxygens (including phenoxy) is 3. The van der Waals surface area contributed by atoms with Gasteiger partial charge >= 0.3 is 5.97 Å². The van der Waals surface area contributed by atoms with Gasteiger partial charge in [0.25, 0.3) is 5.91 Å². The van der Waals surface area contributed by atoms with Crippen molar-refractivity contribution >= 4 is 11.9 Å². The third-order valence-corrected chi connectivity index (χ3v) is 4.11. The number of aromatic nitrogens is 1. The molecule has 162 valence electrons. The Morgan fingerprint density at radius 2 is 1.87 bits per heavy atom. The summed E-state index contributed by atoms with van der Waals surface area (Å²) in [6, 6.07) is 8.82. The van der Waals surface area contributed by atoms with E-state index in [1.165, 1.54) is 4.90 Å². The lowest BCUT2D eigenvalue weighted by molar-refractivity contribution is -0.143. The first-order valence-corrected chi connectivity index (χ1v) is 10.2. The van der Waals surface area contributed by atoms with Crippen molar-refractivity contribution in [1.82, 2.24) is 9.88 Å². The van der Waals surface area contributed by atoms with Crippen molar-refractivity contribution in [2.45, 2.75) is 34.3 Å². The Labute approximate surface area is 178 Å². The van der Waals surface area contributed by atoms with Gasteiger partial charge < -0.3 is 19.1 Å². The number of benzene rings is 1. The highest BCUT2D eigenvalue weighted by Gasteiger charge is 2.22. The average Bonchev–Trinajstić information content (AvgIpc) is 2.72. The van der Waals surface area contributed by atoms with E-state index in [1.54, 1.807) is 37.5 Å². The van der Waals surface area contributed by atoms with Crippen LogP contribution >= 0.6 is 0 Å². The van der Waals surface area contributed by atoms with E-state index in [4.69, 9.17) is 14.2 Å². The number of esters is 1. The minimum atomic E-state index is -0.423. The molecule has 7 heteroatoms. The van der Waals surface area contributed by atoms with E-state index >= 15 is 0 Å². The van der Waals surface area contributed by atoms with Crippen LogP contribution in [-0.2, 0) is 16.1 Å². The Hall–Kier alpha value is -3.09. The molecule has 0 saturated carbocycles. The zero-order chi connectivity index (χ0) is 21.9. The molecule has 0 aliphatic carbocycles. The molecule has 1 heterocycles. The SMILES string of the molecule is CCOC(=O)CN(CC(C)C)C(=O)c1ccc(OCc2cccnc2)c(OCC)c1. The Bertz CT molecular complexity index is 824. The van der Waals surface area contributed by atoms with Crippen LogP contribution in [0.15, 0.2) is 42.7 Å². The van der Waals surface area contributed by atoms with Crippen molar-refractivity contribution in [3.8, 4) is 11.5 Å². The highest BCUT2D eigenvalue weighted by Crippen LogP contribution is 2.30. The van der Waals surface area contributed by atoms with Gasteiger partial charge in [0.15, 0.2) is 11.5 Å². The molecule has 0 aliphatic heterocycles. The second-order valence-electron chi connectivity index (χ2n) is 7.13. The van der Waals surface area contributed by atoms with E-state index in [0.717, 1.165) is 5.56 Å². The molecule has 0 spiro atoms. The smallest absolute Gasteiger partial charge is 0.325 e. The molecule has 1 aromatic heterocycles. The van der Waals surface area contributed by atoms with Crippen molar-refractivity contribution in [3.63, 3.8) is 0 Å². The summed E-state index contributed by atoms with van der Waals surface area (Å²) in [6.45, 7) is 8.99. The number of hydrogen-bond acceptors (Lipinski definition) is 6. The molecule has 0 aliphatic rings. The predicted molar refractivity (Wildman–Crippen MR) is 114 cm³/mol. The van der Waals surface area contributed by atoms with Crippen molar-refractivity contribution in [3.05, 3.63) is 53.9 Å². The number of carbonyl (C=O) groups is 2. The van der Waals surface area contributed by atoms with Gasteiger partial charge in [-0.2, -0.15) is 0 Å². The van der Waals surface area contributed by atoms with Crippen LogP contribution < -0.4 is 9.47 Å². The van der Waals surface area contributed by atoms with Gasteiger partial charge in [-0.05, 0) is 44.0 Å². The molecule has 0 unspecified atom stereocenters. The Morgan fingerprint density at radius 1 is 1.07 bits per heavy atom. The zero-order valence-corrected chi connectivity index (χ0v) is 18.1. The highest BCUT2D eigenvalue weighted by atomic mass is 16.5. The first-order valence-electron chi connectivity index (χ1n) is 10.2. The van der Waals surface area contributed by atoms with Crippen LogP contribution in [-0.4, -0.2) is 48.1 Å². The van der Waals surface area contributed by atoms with Gasteiger partial charge in [-0.25, -0.2) is 0 Å². The number of hydrogen-bond donors (Lipinski definition) is 0. The molecular formula is C23H30N2O5. The summed E-state index contributed by atoms with van der Waals surface area (Å²) >= 11 is 0. The highest BCUT2D eigenvalue weighted by molar-refractivity contribution is 5.96. The fraction of sp³-hybridized carbons (Fsp3) is 0.435. The largest absolute Gasteiger partial charge is 0.490 e. The maximum Gasteiger partial charge on any atom is 0.325 e. The summed E-state index contributed by atoms with van der Waals surface area (Å²) in [5.41, 5.74) is 1.36. The first-order chi connectivity index (χ1) is 14.4. The Kier molecular flexibility index (Phi) is 9.12. The summed E-state index contributed by atoms with van der Waals surface area (Å²) < 4.78 is 16.6. The summed E-state index contributed by atoms with van der Waals surface area (Å²) in [7, 11) is 0. The fourth-order valence-electron chi connectivity index (χ4n) is 2.88. The minimum absolute atomic E-state index is 0.0892. The molecule has 1 amide bonds. The summed E-state index contributed by atoms with van der Waals surface area (Å²) in [4.78, 5) is 30.6. The predicted octanol–water partition coefficient (Wildman–Crippen LogP) is 3.72. The number of nitrogens with zero attached hydrogens (tertiary/aromatic N) is 2. The van der Waals surface area contributed by atoms with E-state index in [2.05, 4.69) is 4.98 Å². The van der Waals surface area contributed by atoms with Gasteiger partial charge in [0, 0.05) is 30.1 Å². The molecule has 1 aromatic carbocycles. The summed E-state index contributed by atoms with van der Waals surface area (Å²) in [5, 5.41) is 0. The van der Waals surface area contributed by atoms with E-state index in [0.29, 0.717) is 36.8 Å². The van der Waals surface area contributed by atoms with Crippen LogP contribution in [0.4, 0.5) is 0 Å². The fourth-order valence-corrected chi connectivity index (χ4v) is 2.88. The number of amides is 1. The van der Waals surface area contributed by atoms with Crippen molar-refractivity contribution in [2.24, 2.45) is 5.92 Å². The van der Waals surface area contributed by atoms with Crippen LogP contribution in [0.5, 0.6) is 11.5 Å². The van der Waals surface area contributed by atoms with E-state index in [-0.39, 0.29) is 25.0 Å². The number of pyridine rings is 1. The third-order valence-electron chi connectivity index (χ3n) is 4.11. The Balaban J connectivity index is 2.20. The number of rotatable bonds is 11. The van der Waals surface area contributed by atoms with Gasteiger partial charge in [0.2, 0.25) is 0 Å². The molecular weight excluding hydrogens is 384 g/mol. The van der Waals surface area contributed by atoms with E-state index < -0.39 is 5.97 Å². The normalized spacial score (nSPS) is 10.6. The first kappa shape index (κ1) is 23.2. The quantitative estimate of drug-likeness (QED) is 0.522. The van der Waals surface area contributed by atoms with Gasteiger partial charge in [-0.15, -0.1) is 0 Å². The lowest BCUT2D eigenvalue weighted by Crippen LogP contribution is -2.39. The van der Waals surface area contributed by atoms with Crippen molar-refractivity contribution in [1.29, 1.82) is 0 Å². The van der Waals surface area contributed by atoms with Gasteiger partial charge in [0.05, 0.1) is 13.2 Å². The maximum absolute atomic E-state index is 13.1. The van der Waals surface area contributed by atoms with Crippen molar-refractivity contribution < 1.29 is 23.8 Å². The monoisotopic (exact) mass is 414 g/mol.